The molecule has 0 N–H and O–H groups in total. The third-order valence-electron chi connectivity index (χ3n) is 4.54. The van der Waals surface area contributed by atoms with Crippen molar-refractivity contribution in [1.82, 2.24) is 4.68 Å². The van der Waals surface area contributed by atoms with Crippen LogP contribution >= 0.6 is 0 Å². The Kier molecular flexibility index (Phi) is 3.23. The van der Waals surface area contributed by atoms with Crippen molar-refractivity contribution in [2.75, 3.05) is 0 Å². The summed E-state index contributed by atoms with van der Waals surface area (Å²) in [5, 5.41) is 2.61. The lowest BCUT2D eigenvalue weighted by Crippen LogP contribution is -2.39. The molecule has 0 radical (unpaired) electrons. The van der Waals surface area contributed by atoms with Gasteiger partial charge in [0, 0.05) is 6.07 Å². The van der Waals surface area contributed by atoms with Gasteiger partial charge >= 0.3 is 0 Å². The molecule has 0 aliphatic heterocycles. The molecule has 0 spiro atoms. The Labute approximate surface area is 136 Å². The van der Waals surface area contributed by atoms with E-state index in [2.05, 4.69) is 96.3 Å². The minimum absolute atomic E-state index is 1.17. The van der Waals surface area contributed by atoms with Crippen molar-refractivity contribution in [3.8, 4) is 16.9 Å². The summed E-state index contributed by atoms with van der Waals surface area (Å²) in [4.78, 5) is 0. The largest absolute Gasteiger partial charge is 0.238 e. The molecule has 0 bridgehead atoms. The van der Waals surface area contributed by atoms with Gasteiger partial charge in [-0.25, -0.2) is 0 Å². The van der Waals surface area contributed by atoms with Gasteiger partial charge in [0.1, 0.15) is 5.69 Å². The monoisotopic (exact) mass is 299 g/mol. The predicted octanol–water partition coefficient (Wildman–Crippen LogP) is 4.43. The molecule has 1 aromatic heterocycles. The predicted molar refractivity (Wildman–Crippen MR) is 94.6 cm³/mol. The minimum atomic E-state index is 1.17. The third kappa shape index (κ3) is 2.23. The fourth-order valence-electron chi connectivity index (χ4n) is 3.27. The highest BCUT2D eigenvalue weighted by atomic mass is 15.4. The molecule has 0 aliphatic rings. The Morgan fingerprint density at radius 3 is 2.35 bits per heavy atom. The summed E-state index contributed by atoms with van der Waals surface area (Å²) in [6, 6.07) is 25.6. The van der Waals surface area contributed by atoms with E-state index in [1.165, 1.54) is 33.3 Å². The molecule has 0 fully saturated rings. The Hall–Kier alpha value is -2.87. The molecule has 0 saturated carbocycles. The first-order valence-electron chi connectivity index (χ1n) is 7.87. The quantitative estimate of drug-likeness (QED) is 0.484. The number of hydrogen-bond acceptors (Lipinski definition) is 0. The Bertz CT molecular complexity index is 981. The zero-order valence-electron chi connectivity index (χ0n) is 13.4. The first-order valence-corrected chi connectivity index (χ1v) is 7.87. The number of hydrogen-bond donors (Lipinski definition) is 0. The molecule has 4 rings (SSSR count). The van der Waals surface area contributed by atoms with Crippen molar-refractivity contribution in [3.05, 3.63) is 84.6 Å². The topological polar surface area (TPSA) is 8.81 Å². The third-order valence-corrected chi connectivity index (χ3v) is 4.54. The van der Waals surface area contributed by atoms with Crippen LogP contribution in [-0.4, -0.2) is 4.68 Å². The molecule has 0 aliphatic carbocycles. The van der Waals surface area contributed by atoms with E-state index >= 15 is 0 Å². The number of nitrogens with zero attached hydrogens (tertiary/aromatic N) is 2. The van der Waals surface area contributed by atoms with Gasteiger partial charge in [0.25, 0.3) is 0 Å². The first-order chi connectivity index (χ1) is 11.3. The fraction of sp³-hybridized carbons (Fsp3) is 0.0952. The molecule has 0 saturated heterocycles. The van der Waals surface area contributed by atoms with E-state index in [1.807, 2.05) is 6.07 Å². The molecule has 4 aromatic rings. The van der Waals surface area contributed by atoms with E-state index in [1.54, 1.807) is 0 Å². The average Bonchev–Trinajstić information content (AvgIpc) is 2.98. The minimum Gasteiger partial charge on any atom is -0.128 e. The number of fused-ring (bicyclic) bond motifs is 1. The van der Waals surface area contributed by atoms with Gasteiger partial charge in [0.15, 0.2) is 7.05 Å². The maximum Gasteiger partial charge on any atom is 0.238 e. The van der Waals surface area contributed by atoms with Crippen molar-refractivity contribution in [1.29, 1.82) is 0 Å². The summed E-state index contributed by atoms with van der Waals surface area (Å²) < 4.78 is 4.37. The van der Waals surface area contributed by atoms with Gasteiger partial charge in [-0.2, -0.15) is 0 Å². The van der Waals surface area contributed by atoms with Crippen molar-refractivity contribution < 1.29 is 4.68 Å². The number of aryl methyl sites for hydroxylation is 1. The molecule has 0 amide bonds. The summed E-state index contributed by atoms with van der Waals surface area (Å²) in [7, 11) is 2.11. The van der Waals surface area contributed by atoms with E-state index < -0.39 is 0 Å². The molecule has 3 aromatic carbocycles. The zero-order valence-corrected chi connectivity index (χ0v) is 13.4. The molecule has 2 nitrogen and oxygen atoms in total. The van der Waals surface area contributed by atoms with E-state index in [9.17, 15) is 0 Å². The van der Waals surface area contributed by atoms with Crippen LogP contribution in [0.15, 0.2) is 79.0 Å². The van der Waals surface area contributed by atoms with Crippen molar-refractivity contribution >= 4 is 10.8 Å². The maximum atomic E-state index is 2.22. The highest BCUT2D eigenvalue weighted by Crippen LogP contribution is 2.28. The zero-order chi connectivity index (χ0) is 15.8. The van der Waals surface area contributed by atoms with Crippen LogP contribution in [-0.2, 0) is 7.05 Å². The smallest absolute Gasteiger partial charge is 0.128 e. The Morgan fingerprint density at radius 2 is 1.52 bits per heavy atom. The van der Waals surface area contributed by atoms with E-state index in [4.69, 9.17) is 0 Å². The number of aromatic nitrogens is 2. The number of benzene rings is 3. The summed E-state index contributed by atoms with van der Waals surface area (Å²) >= 11 is 0. The average molecular weight is 299 g/mol. The summed E-state index contributed by atoms with van der Waals surface area (Å²) in [5.41, 5.74) is 4.99. The Morgan fingerprint density at radius 1 is 0.783 bits per heavy atom. The number of rotatable bonds is 2. The molecule has 2 heteroatoms. The van der Waals surface area contributed by atoms with Crippen molar-refractivity contribution in [2.45, 2.75) is 6.92 Å². The molecular formula is C21H19N2+. The second-order valence-electron chi connectivity index (χ2n) is 5.86. The summed E-state index contributed by atoms with van der Waals surface area (Å²) in [6.45, 7) is 2.21. The lowest BCUT2D eigenvalue weighted by Gasteiger charge is -2.07. The molecule has 0 atom stereocenters. The standard InChI is InChI=1S/C21H19N2/c1-16-19-11-7-6-8-17(19)12-13-20(16)21-14-15-23(22(21)2)18-9-4-3-5-10-18/h3-15H,1-2H3/q+1. The van der Waals surface area contributed by atoms with Gasteiger partial charge < -0.3 is 0 Å². The van der Waals surface area contributed by atoms with Gasteiger partial charge in [-0.1, -0.05) is 48.5 Å². The van der Waals surface area contributed by atoms with E-state index in [0.29, 0.717) is 0 Å². The summed E-state index contributed by atoms with van der Waals surface area (Å²) in [5.74, 6) is 0. The van der Waals surface area contributed by atoms with Crippen molar-refractivity contribution in [3.63, 3.8) is 0 Å². The van der Waals surface area contributed by atoms with Gasteiger partial charge in [-0.15, -0.1) is 9.36 Å². The SMILES string of the molecule is Cc1c(-c2ccn(-c3ccccc3)[n+]2C)ccc2ccccc12. The van der Waals surface area contributed by atoms with Gasteiger partial charge in [-0.3, -0.25) is 0 Å². The van der Waals surface area contributed by atoms with Crippen LogP contribution in [0.1, 0.15) is 5.56 Å². The number of para-hydroxylation sites is 1. The molecule has 23 heavy (non-hydrogen) atoms. The van der Waals surface area contributed by atoms with Gasteiger partial charge in [0.05, 0.1) is 11.8 Å². The maximum absolute atomic E-state index is 2.22. The lowest BCUT2D eigenvalue weighted by atomic mass is 9.98. The van der Waals surface area contributed by atoms with Crippen LogP contribution in [0, 0.1) is 6.92 Å². The van der Waals surface area contributed by atoms with Gasteiger partial charge in [-0.05, 0) is 41.5 Å². The van der Waals surface area contributed by atoms with Crippen LogP contribution in [0.2, 0.25) is 0 Å². The van der Waals surface area contributed by atoms with Crippen molar-refractivity contribution in [2.24, 2.45) is 7.05 Å². The Balaban J connectivity index is 1.89. The van der Waals surface area contributed by atoms with Crippen LogP contribution < -0.4 is 4.68 Å². The summed E-state index contributed by atoms with van der Waals surface area (Å²) in [6.07, 6.45) is 2.12. The normalized spacial score (nSPS) is 11.0. The second kappa shape index (κ2) is 5.40. The van der Waals surface area contributed by atoms with E-state index in [0.717, 1.165) is 0 Å². The van der Waals surface area contributed by atoms with Crippen LogP contribution in [0.25, 0.3) is 27.7 Å². The van der Waals surface area contributed by atoms with Gasteiger partial charge in [0.2, 0.25) is 5.69 Å². The molecule has 1 heterocycles. The molecule has 0 unspecified atom stereocenters. The van der Waals surface area contributed by atoms with E-state index in [-0.39, 0.29) is 0 Å². The second-order valence-corrected chi connectivity index (χ2v) is 5.86. The molecular weight excluding hydrogens is 280 g/mol. The lowest BCUT2D eigenvalue weighted by molar-refractivity contribution is -0.734. The van der Waals surface area contributed by atoms with Crippen LogP contribution in [0.4, 0.5) is 0 Å². The highest BCUT2D eigenvalue weighted by Gasteiger charge is 2.18. The first kappa shape index (κ1) is 13.8. The van der Waals surface area contributed by atoms with Crippen LogP contribution in [0.3, 0.4) is 0 Å². The highest BCUT2D eigenvalue weighted by molar-refractivity contribution is 5.90. The fourth-order valence-corrected chi connectivity index (χ4v) is 3.27. The molecule has 112 valence electrons. The van der Waals surface area contributed by atoms with Crippen LogP contribution in [0.5, 0.6) is 0 Å².